The fourth-order valence-electron chi connectivity index (χ4n) is 2.07. The van der Waals surface area contributed by atoms with E-state index >= 15 is 0 Å². The SMILES string of the molecule is CN=C(NCCC(=O)NC(C)C)NCCN1CCOCC1.I. The molecule has 1 heterocycles. The summed E-state index contributed by atoms with van der Waals surface area (Å²) in [6.07, 6.45) is 0.447. The number of aliphatic imine (C=N–C) groups is 1. The first kappa shape index (κ1) is 21.4. The van der Waals surface area contributed by atoms with Crippen molar-refractivity contribution < 1.29 is 9.53 Å². The number of amides is 1. The minimum Gasteiger partial charge on any atom is -0.379 e. The first-order chi connectivity index (χ1) is 10.1. The Hall–Kier alpha value is -0.610. The molecule has 0 aromatic heterocycles. The van der Waals surface area contributed by atoms with E-state index in [1.54, 1.807) is 7.05 Å². The lowest BCUT2D eigenvalue weighted by Crippen LogP contribution is -2.45. The van der Waals surface area contributed by atoms with Gasteiger partial charge in [0.05, 0.1) is 13.2 Å². The molecule has 0 aliphatic carbocycles. The van der Waals surface area contributed by atoms with Crippen LogP contribution in [0.15, 0.2) is 4.99 Å². The Morgan fingerprint density at radius 3 is 2.45 bits per heavy atom. The lowest BCUT2D eigenvalue weighted by Gasteiger charge is -2.26. The highest BCUT2D eigenvalue weighted by Gasteiger charge is 2.09. The van der Waals surface area contributed by atoms with Crippen LogP contribution in [-0.2, 0) is 9.53 Å². The highest BCUT2D eigenvalue weighted by Crippen LogP contribution is 1.94. The Morgan fingerprint density at radius 2 is 1.86 bits per heavy atom. The first-order valence-electron chi connectivity index (χ1n) is 7.66. The molecule has 1 rings (SSSR count). The Morgan fingerprint density at radius 1 is 1.23 bits per heavy atom. The van der Waals surface area contributed by atoms with E-state index in [2.05, 4.69) is 25.8 Å². The lowest BCUT2D eigenvalue weighted by atomic mass is 10.3. The number of rotatable bonds is 7. The summed E-state index contributed by atoms with van der Waals surface area (Å²) in [6.45, 7) is 9.91. The van der Waals surface area contributed by atoms with Crippen LogP contribution in [0.3, 0.4) is 0 Å². The van der Waals surface area contributed by atoms with Gasteiger partial charge in [0.25, 0.3) is 0 Å². The molecule has 130 valence electrons. The van der Waals surface area contributed by atoms with E-state index in [0.29, 0.717) is 13.0 Å². The van der Waals surface area contributed by atoms with Crippen molar-refractivity contribution in [3.63, 3.8) is 0 Å². The van der Waals surface area contributed by atoms with Gasteiger partial charge in [0.15, 0.2) is 5.96 Å². The van der Waals surface area contributed by atoms with Crippen LogP contribution in [0, 0.1) is 0 Å². The second-order valence-corrected chi connectivity index (χ2v) is 5.35. The molecule has 0 spiro atoms. The van der Waals surface area contributed by atoms with Gasteiger partial charge in [-0.1, -0.05) is 0 Å². The molecular weight excluding hydrogens is 397 g/mol. The highest BCUT2D eigenvalue weighted by molar-refractivity contribution is 14.0. The second-order valence-electron chi connectivity index (χ2n) is 5.35. The molecule has 0 aromatic carbocycles. The molecule has 0 saturated carbocycles. The summed E-state index contributed by atoms with van der Waals surface area (Å²) in [5.74, 6) is 0.793. The molecule has 0 bridgehead atoms. The van der Waals surface area contributed by atoms with Crippen LogP contribution < -0.4 is 16.0 Å². The summed E-state index contributed by atoms with van der Waals surface area (Å²) < 4.78 is 5.32. The smallest absolute Gasteiger partial charge is 0.221 e. The fourth-order valence-corrected chi connectivity index (χ4v) is 2.07. The highest BCUT2D eigenvalue weighted by atomic mass is 127. The van der Waals surface area contributed by atoms with E-state index in [0.717, 1.165) is 45.4 Å². The molecule has 0 unspecified atom stereocenters. The number of carbonyl (C=O) groups excluding carboxylic acids is 1. The van der Waals surface area contributed by atoms with E-state index in [-0.39, 0.29) is 35.9 Å². The quantitative estimate of drug-likeness (QED) is 0.303. The van der Waals surface area contributed by atoms with Crippen molar-refractivity contribution in [3.05, 3.63) is 0 Å². The van der Waals surface area contributed by atoms with Gasteiger partial charge in [-0.05, 0) is 13.8 Å². The van der Waals surface area contributed by atoms with E-state index in [1.807, 2.05) is 13.8 Å². The van der Waals surface area contributed by atoms with Crippen LogP contribution >= 0.6 is 24.0 Å². The Kier molecular flexibility index (Phi) is 12.5. The lowest BCUT2D eigenvalue weighted by molar-refractivity contribution is -0.121. The zero-order valence-electron chi connectivity index (χ0n) is 13.9. The molecule has 1 saturated heterocycles. The van der Waals surface area contributed by atoms with Crippen molar-refractivity contribution >= 4 is 35.8 Å². The van der Waals surface area contributed by atoms with Crippen LogP contribution in [-0.4, -0.2) is 75.8 Å². The number of carbonyl (C=O) groups is 1. The number of nitrogens with zero attached hydrogens (tertiary/aromatic N) is 2. The minimum absolute atomic E-state index is 0. The third-order valence-corrected chi connectivity index (χ3v) is 3.14. The number of ether oxygens (including phenoxy) is 1. The third-order valence-electron chi connectivity index (χ3n) is 3.14. The van der Waals surface area contributed by atoms with Gasteiger partial charge in [-0.15, -0.1) is 24.0 Å². The maximum Gasteiger partial charge on any atom is 0.221 e. The van der Waals surface area contributed by atoms with Crippen molar-refractivity contribution in [3.8, 4) is 0 Å². The summed E-state index contributed by atoms with van der Waals surface area (Å²) >= 11 is 0. The first-order valence-corrected chi connectivity index (χ1v) is 7.66. The summed E-state index contributed by atoms with van der Waals surface area (Å²) in [5.41, 5.74) is 0. The summed E-state index contributed by atoms with van der Waals surface area (Å²) in [5, 5.41) is 9.27. The number of hydrogen-bond acceptors (Lipinski definition) is 4. The number of nitrogens with one attached hydrogen (secondary N) is 3. The van der Waals surface area contributed by atoms with Crippen LogP contribution in [0.5, 0.6) is 0 Å². The second kappa shape index (κ2) is 12.9. The largest absolute Gasteiger partial charge is 0.379 e. The van der Waals surface area contributed by atoms with Gasteiger partial charge < -0.3 is 20.7 Å². The fraction of sp³-hybridized carbons (Fsp3) is 0.857. The number of hydrogen-bond donors (Lipinski definition) is 3. The summed E-state index contributed by atoms with van der Waals surface area (Å²) in [4.78, 5) is 18.0. The van der Waals surface area contributed by atoms with Crippen molar-refractivity contribution in [2.75, 3.05) is 53.0 Å². The molecule has 1 amide bonds. The molecule has 1 aliphatic rings. The van der Waals surface area contributed by atoms with E-state index < -0.39 is 0 Å². The monoisotopic (exact) mass is 427 g/mol. The number of guanidine groups is 1. The van der Waals surface area contributed by atoms with Crippen LogP contribution in [0.25, 0.3) is 0 Å². The van der Waals surface area contributed by atoms with Gasteiger partial charge in [-0.25, -0.2) is 0 Å². The molecule has 8 heteroatoms. The molecule has 3 N–H and O–H groups in total. The maximum atomic E-state index is 11.5. The number of halogens is 1. The molecule has 0 radical (unpaired) electrons. The van der Waals surface area contributed by atoms with Crippen molar-refractivity contribution in [1.29, 1.82) is 0 Å². The van der Waals surface area contributed by atoms with E-state index in [9.17, 15) is 4.79 Å². The zero-order valence-corrected chi connectivity index (χ0v) is 16.2. The van der Waals surface area contributed by atoms with Gasteiger partial charge in [-0.2, -0.15) is 0 Å². The van der Waals surface area contributed by atoms with Gasteiger partial charge >= 0.3 is 0 Å². The molecule has 7 nitrogen and oxygen atoms in total. The topological polar surface area (TPSA) is 78.0 Å². The predicted octanol–water partition coefficient (Wildman–Crippen LogP) is 0.0163. The summed E-state index contributed by atoms with van der Waals surface area (Å²) in [7, 11) is 1.73. The van der Waals surface area contributed by atoms with Crippen LogP contribution in [0.1, 0.15) is 20.3 Å². The van der Waals surface area contributed by atoms with Gasteiger partial charge in [-0.3, -0.25) is 14.7 Å². The normalized spacial score (nSPS) is 16.1. The van der Waals surface area contributed by atoms with Crippen molar-refractivity contribution in [1.82, 2.24) is 20.9 Å². The number of morpholine rings is 1. The Bertz CT molecular complexity index is 333. The minimum atomic E-state index is 0. The molecule has 0 aromatic rings. The van der Waals surface area contributed by atoms with Gasteiger partial charge in [0.1, 0.15) is 0 Å². The molecule has 1 aliphatic heterocycles. The standard InChI is InChI=1S/C14H29N5O2.HI/c1-12(2)18-13(20)4-5-16-14(15-3)17-6-7-19-8-10-21-11-9-19;/h12H,4-11H2,1-3H3,(H,18,20)(H2,15,16,17);1H. The Labute approximate surface area is 150 Å². The Balaban J connectivity index is 0.00000441. The molecular formula is C14H30IN5O2. The molecule has 22 heavy (non-hydrogen) atoms. The van der Waals surface area contributed by atoms with Crippen molar-refractivity contribution in [2.45, 2.75) is 26.3 Å². The average Bonchev–Trinajstić information content (AvgIpc) is 2.46. The van der Waals surface area contributed by atoms with E-state index in [4.69, 9.17) is 4.74 Å². The van der Waals surface area contributed by atoms with Crippen molar-refractivity contribution in [2.24, 2.45) is 4.99 Å². The van der Waals surface area contributed by atoms with E-state index in [1.165, 1.54) is 0 Å². The third kappa shape index (κ3) is 10.2. The maximum absolute atomic E-state index is 11.5. The zero-order chi connectivity index (χ0) is 15.5. The van der Waals surface area contributed by atoms with Crippen LogP contribution in [0.2, 0.25) is 0 Å². The van der Waals surface area contributed by atoms with Gasteiger partial charge in [0, 0.05) is 52.2 Å². The predicted molar refractivity (Wildman–Crippen MR) is 99.9 cm³/mol. The van der Waals surface area contributed by atoms with Crippen LogP contribution in [0.4, 0.5) is 0 Å². The molecule has 0 atom stereocenters. The average molecular weight is 427 g/mol. The summed E-state index contributed by atoms with van der Waals surface area (Å²) in [6, 6.07) is 0.184. The van der Waals surface area contributed by atoms with Gasteiger partial charge in [0.2, 0.25) is 5.91 Å². The molecule has 1 fully saturated rings.